The zero-order chi connectivity index (χ0) is 17.6. The minimum Gasteiger partial charge on any atom is -0.453 e. The van der Waals surface area contributed by atoms with E-state index in [9.17, 15) is 4.79 Å². The Kier molecular flexibility index (Phi) is 5.46. The third-order valence-corrected chi connectivity index (χ3v) is 4.04. The van der Waals surface area contributed by atoms with Gasteiger partial charge in [-0.3, -0.25) is 4.79 Å². The van der Waals surface area contributed by atoms with Crippen molar-refractivity contribution in [2.75, 3.05) is 0 Å². The molecule has 0 bridgehead atoms. The summed E-state index contributed by atoms with van der Waals surface area (Å²) in [6.07, 6.45) is 0.140. The van der Waals surface area contributed by atoms with Gasteiger partial charge < -0.3 is 9.15 Å². The summed E-state index contributed by atoms with van der Waals surface area (Å²) in [4.78, 5) is 12.0. The Morgan fingerprint density at radius 1 is 1.12 bits per heavy atom. The molecule has 2 aromatic carbocycles. The average molecular weight is 357 g/mol. The van der Waals surface area contributed by atoms with Gasteiger partial charge >= 0.3 is 5.97 Å². The molecular weight excluding hydrogens is 340 g/mol. The normalized spacial score (nSPS) is 11.9. The van der Waals surface area contributed by atoms with Crippen LogP contribution in [0.15, 0.2) is 59.0 Å². The number of aryl methyl sites for hydroxylation is 1. The van der Waals surface area contributed by atoms with Crippen molar-refractivity contribution >= 4 is 17.6 Å². The maximum atomic E-state index is 12.0. The molecule has 0 radical (unpaired) electrons. The topological polar surface area (TPSA) is 65.2 Å². The molecule has 0 unspecified atom stereocenters. The number of hydrogen-bond donors (Lipinski definition) is 0. The molecule has 3 aromatic rings. The fourth-order valence-corrected chi connectivity index (χ4v) is 2.57. The first-order chi connectivity index (χ1) is 12.1. The summed E-state index contributed by atoms with van der Waals surface area (Å²) in [5, 5.41) is 8.60. The number of ether oxygens (including phenoxy) is 1. The van der Waals surface area contributed by atoms with Crippen LogP contribution in [0, 0.1) is 0 Å². The van der Waals surface area contributed by atoms with E-state index in [4.69, 9.17) is 20.8 Å². The van der Waals surface area contributed by atoms with E-state index in [2.05, 4.69) is 10.2 Å². The van der Waals surface area contributed by atoms with E-state index in [1.807, 2.05) is 48.5 Å². The average Bonchev–Trinajstić information content (AvgIpc) is 3.12. The molecule has 1 atom stereocenters. The number of esters is 1. The number of carbonyl (C=O) groups excluding carboxylic acids is 1. The molecule has 0 N–H and O–H groups in total. The molecular formula is C19H17ClN2O3. The molecule has 0 spiro atoms. The van der Waals surface area contributed by atoms with Gasteiger partial charge in [-0.2, -0.15) is 0 Å². The smallest absolute Gasteiger partial charge is 0.306 e. The van der Waals surface area contributed by atoms with Gasteiger partial charge in [-0.15, -0.1) is 10.2 Å². The summed E-state index contributed by atoms with van der Waals surface area (Å²) in [6, 6.07) is 16.9. The second-order valence-corrected chi connectivity index (χ2v) is 5.94. The Morgan fingerprint density at radius 2 is 1.84 bits per heavy atom. The van der Waals surface area contributed by atoms with E-state index in [0.717, 1.165) is 11.1 Å². The fraction of sp³-hybridized carbons (Fsp3) is 0.211. The standard InChI is InChI=1S/C19H17ClN2O3/c1-13(18-21-22-19(25-18)15-8-3-2-4-9-15)24-17(23)12-11-14-7-5-6-10-16(14)20/h2-10,13H,11-12H2,1H3/t13-/m1/s1. The third-order valence-electron chi connectivity index (χ3n) is 3.67. The van der Waals surface area contributed by atoms with E-state index in [-0.39, 0.29) is 18.3 Å². The zero-order valence-electron chi connectivity index (χ0n) is 13.7. The Labute approximate surface area is 150 Å². The van der Waals surface area contributed by atoms with Crippen molar-refractivity contribution in [2.24, 2.45) is 0 Å². The Bertz CT molecular complexity index is 849. The van der Waals surface area contributed by atoms with Crippen molar-refractivity contribution in [2.45, 2.75) is 25.9 Å². The van der Waals surface area contributed by atoms with Gasteiger partial charge in [-0.05, 0) is 37.1 Å². The highest BCUT2D eigenvalue weighted by Gasteiger charge is 2.19. The molecule has 0 fully saturated rings. The van der Waals surface area contributed by atoms with Gasteiger partial charge in [0.05, 0.1) is 0 Å². The Morgan fingerprint density at radius 3 is 2.60 bits per heavy atom. The van der Waals surface area contributed by atoms with Gasteiger partial charge in [0, 0.05) is 17.0 Å². The maximum absolute atomic E-state index is 12.0. The first-order valence-electron chi connectivity index (χ1n) is 7.95. The van der Waals surface area contributed by atoms with Gasteiger partial charge in [0.15, 0.2) is 6.10 Å². The SMILES string of the molecule is C[C@@H](OC(=O)CCc1ccccc1Cl)c1nnc(-c2ccccc2)o1. The Hall–Kier alpha value is -2.66. The molecule has 1 aromatic heterocycles. The predicted molar refractivity (Wildman–Crippen MR) is 94.0 cm³/mol. The highest BCUT2D eigenvalue weighted by molar-refractivity contribution is 6.31. The summed E-state index contributed by atoms with van der Waals surface area (Å²) in [6.45, 7) is 1.70. The summed E-state index contributed by atoms with van der Waals surface area (Å²) in [7, 11) is 0. The van der Waals surface area contributed by atoms with E-state index in [1.165, 1.54) is 0 Å². The molecule has 0 aliphatic heterocycles. The van der Waals surface area contributed by atoms with Crippen LogP contribution in [0.1, 0.15) is 30.9 Å². The van der Waals surface area contributed by atoms with Crippen LogP contribution < -0.4 is 0 Å². The van der Waals surface area contributed by atoms with Crippen LogP contribution in [-0.4, -0.2) is 16.2 Å². The van der Waals surface area contributed by atoms with Crippen LogP contribution >= 0.6 is 11.6 Å². The number of rotatable bonds is 6. The third kappa shape index (κ3) is 4.45. The van der Waals surface area contributed by atoms with Crippen molar-refractivity contribution in [1.29, 1.82) is 0 Å². The van der Waals surface area contributed by atoms with E-state index in [0.29, 0.717) is 17.3 Å². The minimum atomic E-state index is -0.608. The van der Waals surface area contributed by atoms with Crippen LogP contribution in [-0.2, 0) is 16.0 Å². The Balaban J connectivity index is 1.57. The lowest BCUT2D eigenvalue weighted by Crippen LogP contribution is -2.10. The number of benzene rings is 2. The van der Waals surface area contributed by atoms with Crippen LogP contribution in [0.2, 0.25) is 5.02 Å². The predicted octanol–water partition coefficient (Wildman–Crippen LogP) is 4.63. The van der Waals surface area contributed by atoms with E-state index in [1.54, 1.807) is 13.0 Å². The van der Waals surface area contributed by atoms with E-state index < -0.39 is 6.10 Å². The van der Waals surface area contributed by atoms with Crippen molar-refractivity contribution in [3.8, 4) is 11.5 Å². The molecule has 6 heteroatoms. The molecule has 0 amide bonds. The van der Waals surface area contributed by atoms with Crippen molar-refractivity contribution in [1.82, 2.24) is 10.2 Å². The second-order valence-electron chi connectivity index (χ2n) is 5.53. The second kappa shape index (κ2) is 7.94. The lowest BCUT2D eigenvalue weighted by molar-refractivity contribution is -0.149. The molecule has 5 nitrogen and oxygen atoms in total. The molecule has 3 rings (SSSR count). The molecule has 0 saturated carbocycles. The minimum absolute atomic E-state index is 0.230. The molecule has 0 aliphatic rings. The van der Waals surface area contributed by atoms with Gasteiger partial charge in [-0.1, -0.05) is 48.0 Å². The van der Waals surface area contributed by atoms with Crippen LogP contribution in [0.5, 0.6) is 0 Å². The van der Waals surface area contributed by atoms with E-state index >= 15 is 0 Å². The van der Waals surface area contributed by atoms with Crippen molar-refractivity contribution in [3.63, 3.8) is 0 Å². The van der Waals surface area contributed by atoms with Crippen LogP contribution in [0.25, 0.3) is 11.5 Å². The number of nitrogens with zero attached hydrogens (tertiary/aromatic N) is 2. The number of carbonyl (C=O) groups is 1. The number of halogens is 1. The van der Waals surface area contributed by atoms with Gasteiger partial charge in [-0.25, -0.2) is 0 Å². The summed E-state index contributed by atoms with van der Waals surface area (Å²) in [5.41, 5.74) is 1.73. The molecule has 25 heavy (non-hydrogen) atoms. The summed E-state index contributed by atoms with van der Waals surface area (Å²) >= 11 is 6.08. The van der Waals surface area contributed by atoms with Crippen LogP contribution in [0.4, 0.5) is 0 Å². The van der Waals surface area contributed by atoms with Gasteiger partial charge in [0.2, 0.25) is 5.89 Å². The lowest BCUT2D eigenvalue weighted by Gasteiger charge is -2.09. The number of aromatic nitrogens is 2. The van der Waals surface area contributed by atoms with Crippen LogP contribution in [0.3, 0.4) is 0 Å². The lowest BCUT2D eigenvalue weighted by atomic mass is 10.1. The number of hydrogen-bond acceptors (Lipinski definition) is 5. The molecule has 1 heterocycles. The summed E-state index contributed by atoms with van der Waals surface area (Å²) in [5.74, 6) is 0.325. The fourth-order valence-electron chi connectivity index (χ4n) is 2.34. The monoisotopic (exact) mass is 356 g/mol. The van der Waals surface area contributed by atoms with Crippen molar-refractivity contribution in [3.05, 3.63) is 71.1 Å². The largest absolute Gasteiger partial charge is 0.453 e. The first kappa shape index (κ1) is 17.2. The molecule has 128 valence electrons. The highest BCUT2D eigenvalue weighted by Crippen LogP contribution is 2.23. The first-order valence-corrected chi connectivity index (χ1v) is 8.33. The highest BCUT2D eigenvalue weighted by atomic mass is 35.5. The zero-order valence-corrected chi connectivity index (χ0v) is 14.4. The summed E-state index contributed by atoms with van der Waals surface area (Å²) < 4.78 is 11.0. The van der Waals surface area contributed by atoms with Crippen molar-refractivity contribution < 1.29 is 13.9 Å². The van der Waals surface area contributed by atoms with Gasteiger partial charge in [0.1, 0.15) is 0 Å². The molecule has 0 aliphatic carbocycles. The quantitative estimate of drug-likeness (QED) is 0.602. The molecule has 0 saturated heterocycles. The van der Waals surface area contributed by atoms with Gasteiger partial charge in [0.25, 0.3) is 5.89 Å². The maximum Gasteiger partial charge on any atom is 0.306 e.